The standard InChI is InChI=1S/C34H30B2N3O/c1-33(2,35)34(3,4)40-36-25-19-20-27-26-17-11-12-18-30(26)39(31(27)21-25)32-37-28(23-13-7-5-8-14-23)22-29(38-32)24-15-9-6-10-16-24/h5-22H,1-4H3. The molecule has 4 aromatic carbocycles. The second-order valence-electron chi connectivity index (χ2n) is 11.3. The van der Waals surface area contributed by atoms with E-state index in [4.69, 9.17) is 22.5 Å². The molecule has 193 valence electrons. The Hall–Kier alpha value is -4.15. The van der Waals surface area contributed by atoms with Crippen LogP contribution in [-0.2, 0) is 4.65 Å². The Labute approximate surface area is 237 Å². The summed E-state index contributed by atoms with van der Waals surface area (Å²) in [6, 6.07) is 37.3. The fourth-order valence-electron chi connectivity index (χ4n) is 4.69. The number of rotatable bonds is 7. The first-order valence-electron chi connectivity index (χ1n) is 13.5. The van der Waals surface area contributed by atoms with Crippen molar-refractivity contribution in [1.82, 2.24) is 14.5 Å². The highest BCUT2D eigenvalue weighted by atomic mass is 16.5. The highest BCUT2D eigenvalue weighted by Crippen LogP contribution is 2.37. The summed E-state index contributed by atoms with van der Waals surface area (Å²) in [5.41, 5.74) is 6.26. The van der Waals surface area contributed by atoms with E-state index in [0.29, 0.717) is 5.95 Å². The van der Waals surface area contributed by atoms with Crippen LogP contribution < -0.4 is 5.46 Å². The Bertz CT molecular complexity index is 1750. The van der Waals surface area contributed by atoms with Gasteiger partial charge in [0.25, 0.3) is 0 Å². The van der Waals surface area contributed by atoms with E-state index >= 15 is 0 Å². The van der Waals surface area contributed by atoms with E-state index in [9.17, 15) is 0 Å². The lowest BCUT2D eigenvalue weighted by Gasteiger charge is -2.39. The molecule has 0 bridgehead atoms. The highest BCUT2D eigenvalue weighted by Gasteiger charge is 2.33. The van der Waals surface area contributed by atoms with Gasteiger partial charge in [-0.25, -0.2) is 9.97 Å². The van der Waals surface area contributed by atoms with Gasteiger partial charge >= 0.3 is 7.48 Å². The molecule has 0 spiro atoms. The van der Waals surface area contributed by atoms with E-state index in [1.165, 1.54) is 0 Å². The van der Waals surface area contributed by atoms with Crippen molar-refractivity contribution in [2.24, 2.45) is 0 Å². The third kappa shape index (κ3) is 4.84. The molecule has 0 atom stereocenters. The summed E-state index contributed by atoms with van der Waals surface area (Å²) < 4.78 is 8.36. The van der Waals surface area contributed by atoms with Crippen LogP contribution in [0.25, 0.3) is 50.3 Å². The molecule has 0 saturated carbocycles. The zero-order chi connectivity index (χ0) is 27.9. The van der Waals surface area contributed by atoms with Crippen molar-refractivity contribution in [3.8, 4) is 28.5 Å². The number of hydrogen-bond donors (Lipinski definition) is 0. The molecule has 0 aliphatic rings. The minimum Gasteiger partial charge on any atom is -0.430 e. The van der Waals surface area contributed by atoms with Crippen LogP contribution in [0.2, 0.25) is 5.31 Å². The smallest absolute Gasteiger partial charge is 0.330 e. The molecule has 2 aromatic heterocycles. The van der Waals surface area contributed by atoms with Crippen LogP contribution in [0, 0.1) is 0 Å². The van der Waals surface area contributed by atoms with E-state index in [0.717, 1.165) is 49.8 Å². The van der Waals surface area contributed by atoms with Gasteiger partial charge in [0.15, 0.2) is 0 Å². The fourth-order valence-corrected chi connectivity index (χ4v) is 4.69. The monoisotopic (exact) mass is 518 g/mol. The maximum atomic E-state index is 6.38. The Balaban J connectivity index is 1.56. The largest absolute Gasteiger partial charge is 0.430 e. The molecule has 40 heavy (non-hydrogen) atoms. The lowest BCUT2D eigenvalue weighted by atomic mass is 9.61. The van der Waals surface area contributed by atoms with E-state index in [1.807, 2.05) is 64.1 Å². The zero-order valence-electron chi connectivity index (χ0n) is 23.3. The van der Waals surface area contributed by atoms with Crippen molar-refractivity contribution in [2.75, 3.05) is 0 Å². The zero-order valence-corrected chi connectivity index (χ0v) is 23.3. The summed E-state index contributed by atoms with van der Waals surface area (Å²) in [6.07, 6.45) is 0. The molecule has 6 rings (SSSR count). The van der Waals surface area contributed by atoms with E-state index < -0.39 is 10.9 Å². The molecule has 0 aliphatic carbocycles. The van der Waals surface area contributed by atoms with Gasteiger partial charge in [-0.15, -0.1) is 0 Å². The first-order valence-corrected chi connectivity index (χ1v) is 13.5. The maximum absolute atomic E-state index is 6.38. The number of aromatic nitrogens is 3. The van der Waals surface area contributed by atoms with Crippen LogP contribution >= 0.6 is 0 Å². The predicted octanol–water partition coefficient (Wildman–Crippen LogP) is 7.31. The van der Waals surface area contributed by atoms with Crippen LogP contribution in [0.4, 0.5) is 0 Å². The van der Waals surface area contributed by atoms with Gasteiger partial charge < -0.3 is 4.65 Å². The maximum Gasteiger partial charge on any atom is 0.330 e. The molecule has 0 amide bonds. The van der Waals surface area contributed by atoms with Gasteiger partial charge in [0, 0.05) is 27.5 Å². The molecular formula is C34H30B2N3O. The van der Waals surface area contributed by atoms with Crippen molar-refractivity contribution >= 4 is 42.6 Å². The minimum absolute atomic E-state index is 0.512. The Morgan fingerprint density at radius 3 is 1.80 bits per heavy atom. The lowest BCUT2D eigenvalue weighted by Crippen LogP contribution is -2.40. The van der Waals surface area contributed by atoms with Crippen molar-refractivity contribution < 1.29 is 4.65 Å². The van der Waals surface area contributed by atoms with Crippen molar-refractivity contribution in [1.29, 1.82) is 0 Å². The molecule has 6 aromatic rings. The van der Waals surface area contributed by atoms with Gasteiger partial charge in [-0.1, -0.05) is 110 Å². The third-order valence-electron chi connectivity index (χ3n) is 7.79. The molecule has 6 heteroatoms. The Morgan fingerprint density at radius 1 is 0.650 bits per heavy atom. The van der Waals surface area contributed by atoms with E-state index in [1.54, 1.807) is 7.48 Å². The lowest BCUT2D eigenvalue weighted by molar-refractivity contribution is 0.0767. The second-order valence-corrected chi connectivity index (χ2v) is 11.3. The van der Waals surface area contributed by atoms with E-state index in [-0.39, 0.29) is 0 Å². The van der Waals surface area contributed by atoms with E-state index in [2.05, 4.69) is 77.4 Å². The summed E-state index contributed by atoms with van der Waals surface area (Å²) in [6.45, 7) is 7.96. The van der Waals surface area contributed by atoms with Crippen LogP contribution in [-0.4, -0.2) is 35.5 Å². The Morgan fingerprint density at radius 2 is 1.20 bits per heavy atom. The summed E-state index contributed by atoms with van der Waals surface area (Å²) in [7, 11) is 8.18. The van der Waals surface area contributed by atoms with Crippen LogP contribution in [0.3, 0.4) is 0 Å². The van der Waals surface area contributed by atoms with Crippen molar-refractivity contribution in [3.05, 3.63) is 109 Å². The van der Waals surface area contributed by atoms with Gasteiger partial charge in [0.05, 0.1) is 30.3 Å². The van der Waals surface area contributed by atoms with Gasteiger partial charge in [-0.2, -0.15) is 0 Å². The predicted molar refractivity (Wildman–Crippen MR) is 168 cm³/mol. The average Bonchev–Trinajstić information content (AvgIpc) is 3.30. The quantitative estimate of drug-likeness (QED) is 0.208. The topological polar surface area (TPSA) is 39.9 Å². The molecule has 0 saturated heterocycles. The average molecular weight is 518 g/mol. The van der Waals surface area contributed by atoms with Crippen molar-refractivity contribution in [2.45, 2.75) is 38.6 Å². The number of para-hydroxylation sites is 1. The first kappa shape index (κ1) is 26.1. The van der Waals surface area contributed by atoms with Crippen LogP contribution in [0.5, 0.6) is 0 Å². The molecule has 0 N–H and O–H groups in total. The van der Waals surface area contributed by atoms with Gasteiger partial charge in [0.2, 0.25) is 5.95 Å². The van der Waals surface area contributed by atoms with Crippen LogP contribution in [0.1, 0.15) is 27.7 Å². The second kappa shape index (κ2) is 10.1. The minimum atomic E-state index is -0.549. The highest BCUT2D eigenvalue weighted by molar-refractivity contribution is 6.47. The van der Waals surface area contributed by atoms with Gasteiger partial charge in [-0.05, 0) is 37.4 Å². The SMILES string of the molecule is [B]C(C)(C)C(C)(C)O[B]c1ccc2c3ccccc3n(-c3nc(-c4ccccc4)cc(-c4ccccc4)n3)c2c1. The van der Waals surface area contributed by atoms with Crippen molar-refractivity contribution in [3.63, 3.8) is 0 Å². The molecular weight excluding hydrogens is 488 g/mol. The molecule has 4 nitrogen and oxygen atoms in total. The fraction of sp³-hybridized carbons (Fsp3) is 0.176. The van der Waals surface area contributed by atoms with Gasteiger partial charge in [0.1, 0.15) is 0 Å². The summed E-state index contributed by atoms with van der Waals surface area (Å²) >= 11 is 0. The van der Waals surface area contributed by atoms with Gasteiger partial charge in [-0.3, -0.25) is 4.57 Å². The normalized spacial score (nSPS) is 12.2. The molecule has 0 unspecified atom stereocenters. The number of fused-ring (bicyclic) bond motifs is 3. The third-order valence-corrected chi connectivity index (χ3v) is 7.79. The molecule has 3 radical (unpaired) electrons. The molecule has 2 heterocycles. The first-order chi connectivity index (χ1) is 19.2. The number of benzene rings is 4. The molecule has 0 aliphatic heterocycles. The molecule has 0 fully saturated rings. The number of nitrogens with zero attached hydrogens (tertiary/aromatic N) is 3. The summed E-state index contributed by atoms with van der Waals surface area (Å²) in [4.78, 5) is 10.2. The number of hydrogen-bond acceptors (Lipinski definition) is 3. The van der Waals surface area contributed by atoms with Crippen LogP contribution in [0.15, 0.2) is 109 Å². The summed E-state index contributed by atoms with van der Waals surface area (Å²) in [5, 5.41) is 1.76. The summed E-state index contributed by atoms with van der Waals surface area (Å²) in [5.74, 6) is 0.618. The Kier molecular flexibility index (Phi) is 6.59.